The first kappa shape index (κ1) is 16.1. The van der Waals surface area contributed by atoms with E-state index in [9.17, 15) is 0 Å². The third kappa shape index (κ3) is 3.52. The molecule has 4 rings (SSSR count). The number of rotatable bonds is 3. The number of aromatic nitrogens is 2. The van der Waals surface area contributed by atoms with E-state index in [0.29, 0.717) is 0 Å². The van der Waals surface area contributed by atoms with Crippen LogP contribution in [0.25, 0.3) is 10.9 Å². The first-order chi connectivity index (χ1) is 12.2. The monoisotopic (exact) mass is 353 g/mol. The Balaban J connectivity index is 1.56. The summed E-state index contributed by atoms with van der Waals surface area (Å²) in [5, 5.41) is 4.56. The fourth-order valence-electron chi connectivity index (χ4n) is 3.10. The highest BCUT2D eigenvalue weighted by molar-refractivity contribution is 6.28. The maximum Gasteiger partial charge on any atom is 0.224 e. The van der Waals surface area contributed by atoms with E-state index < -0.39 is 0 Å². The van der Waals surface area contributed by atoms with Gasteiger partial charge >= 0.3 is 0 Å². The summed E-state index contributed by atoms with van der Waals surface area (Å²) < 4.78 is 0. The number of nitrogens with one attached hydrogen (secondary N) is 1. The van der Waals surface area contributed by atoms with Crippen molar-refractivity contribution in [1.29, 1.82) is 0 Å². The van der Waals surface area contributed by atoms with Gasteiger partial charge in [-0.2, -0.15) is 4.98 Å². The number of fused-ring (bicyclic) bond motifs is 1. The number of para-hydroxylation sites is 1. The topological polar surface area (TPSA) is 44.3 Å². The van der Waals surface area contributed by atoms with Gasteiger partial charge in [0.1, 0.15) is 5.82 Å². The Morgan fingerprint density at radius 1 is 0.920 bits per heavy atom. The van der Waals surface area contributed by atoms with Crippen molar-refractivity contribution in [1.82, 2.24) is 14.9 Å². The van der Waals surface area contributed by atoms with Crippen molar-refractivity contribution in [2.75, 3.05) is 43.4 Å². The van der Waals surface area contributed by atoms with E-state index in [2.05, 4.69) is 56.4 Å². The Hall–Kier alpha value is -2.37. The summed E-state index contributed by atoms with van der Waals surface area (Å²) in [6, 6.07) is 16.3. The van der Waals surface area contributed by atoms with Crippen LogP contribution in [0.4, 0.5) is 17.2 Å². The molecule has 0 radical (unpaired) electrons. The largest absolute Gasteiger partial charge is 0.369 e. The van der Waals surface area contributed by atoms with Gasteiger partial charge in [-0.15, -0.1) is 0 Å². The molecule has 0 aliphatic carbocycles. The first-order valence-corrected chi connectivity index (χ1v) is 8.80. The van der Waals surface area contributed by atoms with Crippen LogP contribution in [0, 0.1) is 0 Å². The summed E-state index contributed by atoms with van der Waals surface area (Å²) in [5.41, 5.74) is 3.07. The van der Waals surface area contributed by atoms with E-state index in [4.69, 9.17) is 11.6 Å². The van der Waals surface area contributed by atoms with Gasteiger partial charge in [-0.1, -0.05) is 12.1 Å². The molecule has 128 valence electrons. The number of anilines is 3. The maximum atomic E-state index is 6.06. The van der Waals surface area contributed by atoms with Crippen LogP contribution in [0.2, 0.25) is 5.28 Å². The van der Waals surface area contributed by atoms with Crippen LogP contribution in [0.15, 0.2) is 48.5 Å². The molecule has 2 aromatic carbocycles. The smallest absolute Gasteiger partial charge is 0.224 e. The standard InChI is InChI=1S/C19H20ClN5/c1-24-10-12-25(13-11-24)15-8-6-14(7-9-15)21-18-16-4-2-3-5-17(16)22-19(20)23-18/h2-9H,10-13H2,1H3,(H,21,22,23). The van der Waals surface area contributed by atoms with Crippen LogP contribution in [-0.4, -0.2) is 48.1 Å². The Morgan fingerprint density at radius 2 is 1.64 bits per heavy atom. The normalized spacial score (nSPS) is 15.5. The van der Waals surface area contributed by atoms with E-state index in [1.807, 2.05) is 24.3 Å². The van der Waals surface area contributed by atoms with Gasteiger partial charge in [0.15, 0.2) is 0 Å². The second-order valence-corrected chi connectivity index (χ2v) is 6.66. The molecule has 2 heterocycles. The minimum absolute atomic E-state index is 0.246. The highest BCUT2D eigenvalue weighted by atomic mass is 35.5. The van der Waals surface area contributed by atoms with Gasteiger partial charge < -0.3 is 15.1 Å². The molecule has 3 aromatic rings. The van der Waals surface area contributed by atoms with E-state index in [0.717, 1.165) is 48.6 Å². The van der Waals surface area contributed by atoms with Crippen molar-refractivity contribution in [3.8, 4) is 0 Å². The third-order valence-corrected chi connectivity index (χ3v) is 4.74. The third-order valence-electron chi connectivity index (χ3n) is 4.57. The molecule has 1 fully saturated rings. The molecule has 1 aliphatic rings. The number of hydrogen-bond acceptors (Lipinski definition) is 5. The van der Waals surface area contributed by atoms with Gasteiger partial charge in [-0.3, -0.25) is 0 Å². The Morgan fingerprint density at radius 3 is 2.40 bits per heavy atom. The average molecular weight is 354 g/mol. The zero-order valence-corrected chi connectivity index (χ0v) is 14.9. The highest BCUT2D eigenvalue weighted by Crippen LogP contribution is 2.26. The molecular formula is C19H20ClN5. The lowest BCUT2D eigenvalue weighted by atomic mass is 10.2. The van der Waals surface area contributed by atoms with Crippen molar-refractivity contribution < 1.29 is 0 Å². The highest BCUT2D eigenvalue weighted by Gasteiger charge is 2.14. The van der Waals surface area contributed by atoms with Gasteiger partial charge in [0.25, 0.3) is 0 Å². The quantitative estimate of drug-likeness (QED) is 0.726. The minimum Gasteiger partial charge on any atom is -0.369 e. The summed E-state index contributed by atoms with van der Waals surface area (Å²) in [6.45, 7) is 4.34. The van der Waals surface area contributed by atoms with Crippen molar-refractivity contribution in [3.63, 3.8) is 0 Å². The summed E-state index contributed by atoms with van der Waals surface area (Å²) in [5.74, 6) is 0.725. The van der Waals surface area contributed by atoms with Crippen molar-refractivity contribution in [2.45, 2.75) is 0 Å². The maximum absolute atomic E-state index is 6.06. The molecule has 1 aliphatic heterocycles. The number of halogens is 1. The lowest BCUT2D eigenvalue weighted by Crippen LogP contribution is -2.44. The van der Waals surface area contributed by atoms with Crippen LogP contribution in [0.1, 0.15) is 0 Å². The number of likely N-dealkylation sites (N-methyl/N-ethyl adjacent to an activating group) is 1. The zero-order valence-electron chi connectivity index (χ0n) is 14.1. The molecule has 1 aromatic heterocycles. The van der Waals surface area contributed by atoms with Gasteiger partial charge in [-0.25, -0.2) is 4.98 Å². The Labute approximate surface area is 152 Å². The van der Waals surface area contributed by atoms with E-state index >= 15 is 0 Å². The average Bonchev–Trinajstić information content (AvgIpc) is 2.63. The molecule has 1 saturated heterocycles. The van der Waals surface area contributed by atoms with Crippen LogP contribution in [0.3, 0.4) is 0 Å². The number of nitrogens with zero attached hydrogens (tertiary/aromatic N) is 4. The molecule has 0 amide bonds. The van der Waals surface area contributed by atoms with Gasteiger partial charge in [0, 0.05) is 42.9 Å². The number of benzene rings is 2. The molecule has 6 heteroatoms. The van der Waals surface area contributed by atoms with E-state index in [1.54, 1.807) is 0 Å². The molecule has 0 saturated carbocycles. The molecule has 0 atom stereocenters. The summed E-state index contributed by atoms with van der Waals surface area (Å²) in [4.78, 5) is 13.4. The van der Waals surface area contributed by atoms with Gasteiger partial charge in [0.05, 0.1) is 5.52 Å². The summed E-state index contributed by atoms with van der Waals surface area (Å²) >= 11 is 6.06. The summed E-state index contributed by atoms with van der Waals surface area (Å²) in [6.07, 6.45) is 0. The molecule has 1 N–H and O–H groups in total. The molecule has 5 nitrogen and oxygen atoms in total. The van der Waals surface area contributed by atoms with Crippen molar-refractivity contribution in [3.05, 3.63) is 53.8 Å². The van der Waals surface area contributed by atoms with Gasteiger partial charge in [-0.05, 0) is 55.0 Å². The van der Waals surface area contributed by atoms with Crippen LogP contribution < -0.4 is 10.2 Å². The summed E-state index contributed by atoms with van der Waals surface area (Å²) in [7, 11) is 2.17. The van der Waals surface area contributed by atoms with Gasteiger partial charge in [0.2, 0.25) is 5.28 Å². The lowest BCUT2D eigenvalue weighted by Gasteiger charge is -2.34. The van der Waals surface area contributed by atoms with Crippen molar-refractivity contribution >= 4 is 39.7 Å². The fourth-order valence-corrected chi connectivity index (χ4v) is 3.28. The zero-order chi connectivity index (χ0) is 17.2. The van der Waals surface area contributed by atoms with Crippen LogP contribution in [-0.2, 0) is 0 Å². The first-order valence-electron chi connectivity index (χ1n) is 8.42. The Bertz CT molecular complexity index is 873. The fraction of sp³-hybridized carbons (Fsp3) is 0.263. The predicted molar refractivity (Wildman–Crippen MR) is 104 cm³/mol. The van der Waals surface area contributed by atoms with E-state index in [1.165, 1.54) is 5.69 Å². The molecule has 25 heavy (non-hydrogen) atoms. The second kappa shape index (κ2) is 6.86. The Kier molecular flexibility index (Phi) is 4.42. The second-order valence-electron chi connectivity index (χ2n) is 6.32. The van der Waals surface area contributed by atoms with Crippen molar-refractivity contribution in [2.24, 2.45) is 0 Å². The molecular weight excluding hydrogens is 334 g/mol. The number of hydrogen-bond donors (Lipinski definition) is 1. The lowest BCUT2D eigenvalue weighted by molar-refractivity contribution is 0.313. The predicted octanol–water partition coefficient (Wildman–Crippen LogP) is 3.78. The molecule has 0 bridgehead atoms. The minimum atomic E-state index is 0.246. The molecule has 0 spiro atoms. The van der Waals surface area contributed by atoms with E-state index in [-0.39, 0.29) is 5.28 Å². The number of piperazine rings is 1. The SMILES string of the molecule is CN1CCN(c2ccc(Nc3nc(Cl)nc4ccccc34)cc2)CC1. The van der Waals surface area contributed by atoms with Crippen LogP contribution >= 0.6 is 11.6 Å². The van der Waals surface area contributed by atoms with Crippen LogP contribution in [0.5, 0.6) is 0 Å². The molecule has 0 unspecified atom stereocenters.